The quantitative estimate of drug-likeness (QED) is 0.748. The molecule has 2 rings (SSSR count). The molecule has 0 bridgehead atoms. The number of hydrogen-bond donors (Lipinski definition) is 2. The summed E-state index contributed by atoms with van der Waals surface area (Å²) in [5.41, 5.74) is 6.12. The lowest BCUT2D eigenvalue weighted by Gasteiger charge is -2.09. The fraction of sp³-hybridized carbons (Fsp3) is 0.667. The van der Waals surface area contributed by atoms with Crippen LogP contribution in [0.15, 0.2) is 12.4 Å². The van der Waals surface area contributed by atoms with Crippen LogP contribution in [0, 0.1) is 5.92 Å². The van der Waals surface area contributed by atoms with Crippen molar-refractivity contribution in [3.05, 3.63) is 12.4 Å². The van der Waals surface area contributed by atoms with Crippen molar-refractivity contribution in [1.29, 1.82) is 0 Å². The van der Waals surface area contributed by atoms with Gasteiger partial charge in [-0.25, -0.2) is 9.97 Å². The Morgan fingerprint density at radius 3 is 2.62 bits per heavy atom. The number of rotatable bonds is 5. The predicted molar refractivity (Wildman–Crippen MR) is 66.1 cm³/mol. The van der Waals surface area contributed by atoms with E-state index in [2.05, 4.69) is 15.3 Å². The van der Waals surface area contributed by atoms with Crippen LogP contribution in [0.4, 0.5) is 11.6 Å². The fourth-order valence-corrected chi connectivity index (χ4v) is 2.32. The van der Waals surface area contributed by atoms with Crippen molar-refractivity contribution >= 4 is 11.6 Å². The maximum Gasteiger partial charge on any atom is 0.222 e. The van der Waals surface area contributed by atoms with E-state index in [1.54, 1.807) is 12.4 Å². The first kappa shape index (κ1) is 11.2. The first-order valence-corrected chi connectivity index (χ1v) is 6.16. The number of nitrogens with one attached hydrogen (secondary N) is 1. The highest BCUT2D eigenvalue weighted by Gasteiger charge is 2.13. The van der Waals surface area contributed by atoms with Crippen LogP contribution in [-0.4, -0.2) is 16.5 Å². The molecular formula is C12H20N4. The molecule has 0 radical (unpaired) electrons. The smallest absolute Gasteiger partial charge is 0.222 e. The molecule has 1 aromatic rings. The Morgan fingerprint density at radius 2 is 1.94 bits per heavy atom. The van der Waals surface area contributed by atoms with Gasteiger partial charge in [0.15, 0.2) is 0 Å². The summed E-state index contributed by atoms with van der Waals surface area (Å²) >= 11 is 0. The lowest BCUT2D eigenvalue weighted by atomic mass is 10.0. The Labute approximate surface area is 96.7 Å². The zero-order valence-corrected chi connectivity index (χ0v) is 9.65. The third kappa shape index (κ3) is 3.36. The van der Waals surface area contributed by atoms with Crippen molar-refractivity contribution in [2.75, 3.05) is 17.6 Å². The zero-order valence-electron chi connectivity index (χ0n) is 9.65. The van der Waals surface area contributed by atoms with E-state index in [1.165, 1.54) is 38.5 Å². The van der Waals surface area contributed by atoms with Crippen LogP contribution in [0.5, 0.6) is 0 Å². The minimum atomic E-state index is 0.608. The molecule has 1 saturated carbocycles. The highest BCUT2D eigenvalue weighted by Crippen LogP contribution is 2.28. The van der Waals surface area contributed by atoms with E-state index < -0.39 is 0 Å². The summed E-state index contributed by atoms with van der Waals surface area (Å²) in [6, 6.07) is 0. The van der Waals surface area contributed by atoms with Crippen molar-refractivity contribution in [2.24, 2.45) is 5.92 Å². The molecule has 0 saturated heterocycles. The van der Waals surface area contributed by atoms with Gasteiger partial charge in [0.1, 0.15) is 0 Å². The van der Waals surface area contributed by atoms with Gasteiger partial charge in [-0.1, -0.05) is 25.7 Å². The lowest BCUT2D eigenvalue weighted by molar-refractivity contribution is 0.491. The number of aromatic nitrogens is 2. The van der Waals surface area contributed by atoms with Crippen LogP contribution in [0.25, 0.3) is 0 Å². The molecule has 0 spiro atoms. The SMILES string of the molecule is Nc1cnc(NCCCC2CCCC2)nc1. The van der Waals surface area contributed by atoms with Gasteiger partial charge in [0, 0.05) is 6.54 Å². The molecule has 16 heavy (non-hydrogen) atoms. The number of anilines is 2. The van der Waals surface area contributed by atoms with Gasteiger partial charge < -0.3 is 11.1 Å². The van der Waals surface area contributed by atoms with E-state index in [1.807, 2.05) is 0 Å². The van der Waals surface area contributed by atoms with Gasteiger partial charge >= 0.3 is 0 Å². The van der Waals surface area contributed by atoms with E-state index >= 15 is 0 Å². The molecule has 88 valence electrons. The van der Waals surface area contributed by atoms with Gasteiger partial charge in [-0.05, 0) is 18.8 Å². The first-order valence-electron chi connectivity index (χ1n) is 6.16. The van der Waals surface area contributed by atoms with Crippen molar-refractivity contribution < 1.29 is 0 Å². The first-order chi connectivity index (χ1) is 7.84. The van der Waals surface area contributed by atoms with Gasteiger partial charge in [-0.3, -0.25) is 0 Å². The molecule has 0 aromatic carbocycles. The number of nitrogen functional groups attached to an aromatic ring is 1. The maximum absolute atomic E-state index is 5.51. The highest BCUT2D eigenvalue weighted by atomic mass is 15.1. The summed E-state index contributed by atoms with van der Waals surface area (Å²) in [4.78, 5) is 8.20. The van der Waals surface area contributed by atoms with Crippen LogP contribution in [0.1, 0.15) is 38.5 Å². The summed E-state index contributed by atoms with van der Waals surface area (Å²) in [7, 11) is 0. The lowest BCUT2D eigenvalue weighted by Crippen LogP contribution is -2.07. The minimum Gasteiger partial charge on any atom is -0.396 e. The van der Waals surface area contributed by atoms with Crippen molar-refractivity contribution in [3.63, 3.8) is 0 Å². The minimum absolute atomic E-state index is 0.608. The average Bonchev–Trinajstić information content (AvgIpc) is 2.80. The molecule has 1 fully saturated rings. The van der Waals surface area contributed by atoms with Crippen LogP contribution >= 0.6 is 0 Å². The average molecular weight is 220 g/mol. The molecule has 1 aromatic heterocycles. The second kappa shape index (κ2) is 5.68. The molecule has 0 unspecified atom stereocenters. The summed E-state index contributed by atoms with van der Waals surface area (Å²) < 4.78 is 0. The topological polar surface area (TPSA) is 63.8 Å². The van der Waals surface area contributed by atoms with Crippen LogP contribution < -0.4 is 11.1 Å². The Bertz CT molecular complexity index is 303. The zero-order chi connectivity index (χ0) is 11.2. The summed E-state index contributed by atoms with van der Waals surface area (Å²) in [5, 5.41) is 3.22. The third-order valence-corrected chi connectivity index (χ3v) is 3.22. The van der Waals surface area contributed by atoms with Crippen molar-refractivity contribution in [3.8, 4) is 0 Å². The Balaban J connectivity index is 1.62. The Hall–Kier alpha value is -1.32. The molecule has 4 heteroatoms. The Kier molecular flexibility index (Phi) is 3.97. The molecular weight excluding hydrogens is 200 g/mol. The second-order valence-corrected chi connectivity index (χ2v) is 4.56. The van der Waals surface area contributed by atoms with Crippen LogP contribution in [0.2, 0.25) is 0 Å². The normalized spacial score (nSPS) is 16.5. The summed E-state index contributed by atoms with van der Waals surface area (Å²) in [6.07, 6.45) is 11.5. The molecule has 1 aliphatic carbocycles. The van der Waals surface area contributed by atoms with Crippen molar-refractivity contribution in [1.82, 2.24) is 9.97 Å². The largest absolute Gasteiger partial charge is 0.396 e. The third-order valence-electron chi connectivity index (χ3n) is 3.22. The molecule has 0 aliphatic heterocycles. The standard InChI is InChI=1S/C12H20N4/c13-11-8-15-12(16-9-11)14-7-3-6-10-4-1-2-5-10/h8-10H,1-7,13H2,(H,14,15,16). The van der Waals surface area contributed by atoms with E-state index in [9.17, 15) is 0 Å². The number of nitrogens with zero attached hydrogens (tertiary/aromatic N) is 2. The van der Waals surface area contributed by atoms with Gasteiger partial charge in [0.25, 0.3) is 0 Å². The molecule has 1 heterocycles. The second-order valence-electron chi connectivity index (χ2n) is 4.56. The van der Waals surface area contributed by atoms with E-state index in [0.29, 0.717) is 11.6 Å². The van der Waals surface area contributed by atoms with Gasteiger partial charge in [0.2, 0.25) is 5.95 Å². The van der Waals surface area contributed by atoms with E-state index in [4.69, 9.17) is 5.73 Å². The van der Waals surface area contributed by atoms with E-state index in [0.717, 1.165) is 12.5 Å². The van der Waals surface area contributed by atoms with Crippen LogP contribution in [-0.2, 0) is 0 Å². The summed E-state index contributed by atoms with van der Waals surface area (Å²) in [5.74, 6) is 1.65. The summed E-state index contributed by atoms with van der Waals surface area (Å²) in [6.45, 7) is 0.959. The number of nitrogens with two attached hydrogens (primary N) is 1. The van der Waals surface area contributed by atoms with Gasteiger partial charge in [0.05, 0.1) is 18.1 Å². The van der Waals surface area contributed by atoms with Crippen molar-refractivity contribution in [2.45, 2.75) is 38.5 Å². The fourth-order valence-electron chi connectivity index (χ4n) is 2.32. The molecule has 1 aliphatic rings. The molecule has 4 nitrogen and oxygen atoms in total. The molecule has 0 amide bonds. The number of hydrogen-bond acceptors (Lipinski definition) is 4. The maximum atomic E-state index is 5.51. The van der Waals surface area contributed by atoms with Crippen LogP contribution in [0.3, 0.4) is 0 Å². The van der Waals surface area contributed by atoms with E-state index in [-0.39, 0.29) is 0 Å². The Morgan fingerprint density at radius 1 is 1.25 bits per heavy atom. The monoisotopic (exact) mass is 220 g/mol. The van der Waals surface area contributed by atoms with Gasteiger partial charge in [-0.2, -0.15) is 0 Å². The molecule has 0 atom stereocenters. The van der Waals surface area contributed by atoms with Gasteiger partial charge in [-0.15, -0.1) is 0 Å². The molecule has 3 N–H and O–H groups in total. The predicted octanol–water partition coefficient (Wildman–Crippen LogP) is 2.44. The highest BCUT2D eigenvalue weighted by molar-refractivity contribution is 5.35.